The number of hydrogen-bond donors (Lipinski definition) is 0. The first-order chi connectivity index (χ1) is 6.65. The van der Waals surface area contributed by atoms with Crippen molar-refractivity contribution < 1.29 is 19.1 Å². The Hall–Kier alpha value is -1.23. The van der Waals surface area contributed by atoms with Gasteiger partial charge in [0, 0.05) is 13.5 Å². The zero-order valence-corrected chi connectivity index (χ0v) is 8.70. The third-order valence-corrected chi connectivity index (χ3v) is 1.48. The Labute approximate surface area is 83.1 Å². The molecule has 14 heavy (non-hydrogen) atoms. The van der Waals surface area contributed by atoms with E-state index in [4.69, 9.17) is 4.74 Å². The van der Waals surface area contributed by atoms with Gasteiger partial charge in [-0.05, 0) is 6.42 Å². The summed E-state index contributed by atoms with van der Waals surface area (Å²) in [6.07, 6.45) is 0.295. The molecule has 80 valence electrons. The van der Waals surface area contributed by atoms with Gasteiger partial charge in [0.25, 0.3) is 0 Å². The van der Waals surface area contributed by atoms with E-state index < -0.39 is 6.09 Å². The highest BCUT2D eigenvalue weighted by atomic mass is 16.5. The van der Waals surface area contributed by atoms with Gasteiger partial charge in [-0.15, -0.1) is 0 Å². The molecule has 0 spiro atoms. The normalized spacial score (nSPS) is 11.2. The van der Waals surface area contributed by atoms with Gasteiger partial charge in [-0.1, -0.05) is 6.92 Å². The van der Waals surface area contributed by atoms with Gasteiger partial charge in [0.15, 0.2) is 5.78 Å². The Morgan fingerprint density at radius 2 is 1.93 bits per heavy atom. The molecule has 0 rings (SSSR count). The minimum absolute atomic E-state index is 0.0356. The lowest BCUT2D eigenvalue weighted by molar-refractivity contribution is -0.113. The highest BCUT2D eigenvalue weighted by molar-refractivity contribution is 6.41. The number of methoxy groups -OCH3 is 2. The quantitative estimate of drug-likeness (QED) is 0.627. The van der Waals surface area contributed by atoms with E-state index in [9.17, 15) is 9.59 Å². The molecule has 0 aromatic carbocycles. The fourth-order valence-electron chi connectivity index (χ4n) is 0.839. The summed E-state index contributed by atoms with van der Waals surface area (Å²) in [6.45, 7) is 1.91. The van der Waals surface area contributed by atoms with Gasteiger partial charge in [-0.25, -0.2) is 4.79 Å². The van der Waals surface area contributed by atoms with Crippen LogP contribution in [0.2, 0.25) is 0 Å². The molecule has 0 N–H and O–H groups in total. The average molecular weight is 201 g/mol. The molecule has 0 aliphatic carbocycles. The molecule has 0 aliphatic heterocycles. The number of amides is 1. The first-order valence-electron chi connectivity index (χ1n) is 4.33. The van der Waals surface area contributed by atoms with Gasteiger partial charge < -0.3 is 9.47 Å². The van der Waals surface area contributed by atoms with Gasteiger partial charge in [-0.3, -0.25) is 4.79 Å². The third-order valence-electron chi connectivity index (χ3n) is 1.48. The summed E-state index contributed by atoms with van der Waals surface area (Å²) in [5.41, 5.74) is 0.112. The second-order valence-corrected chi connectivity index (χ2v) is 2.63. The van der Waals surface area contributed by atoms with Crippen LogP contribution in [-0.2, 0) is 14.3 Å². The lowest BCUT2D eigenvalue weighted by atomic mass is 10.1. The summed E-state index contributed by atoms with van der Waals surface area (Å²) >= 11 is 0. The number of ether oxygens (including phenoxy) is 2. The number of carbonyl (C=O) groups is 2. The van der Waals surface area contributed by atoms with E-state index in [0.717, 1.165) is 0 Å². The molecule has 0 bridgehead atoms. The smallest absolute Gasteiger partial charge is 0.433 e. The van der Waals surface area contributed by atoms with Crippen LogP contribution < -0.4 is 0 Å². The number of Topliss-reactive ketones (excluding diaryl/α,β-unsaturated/α-hetero) is 1. The van der Waals surface area contributed by atoms with Gasteiger partial charge in [0.05, 0.1) is 13.7 Å². The Morgan fingerprint density at radius 1 is 1.29 bits per heavy atom. The molecule has 0 aromatic heterocycles. The topological polar surface area (TPSA) is 65.0 Å². The SMILES string of the molecule is CCCC(=O)/C(COC)=N/C(=O)OC. The van der Waals surface area contributed by atoms with Crippen LogP contribution in [0.15, 0.2) is 4.99 Å². The Kier molecular flexibility index (Phi) is 6.57. The molecule has 0 radical (unpaired) electrons. The Balaban J connectivity index is 4.49. The molecular formula is C9H15NO4. The number of hydrogen-bond acceptors (Lipinski definition) is 4. The van der Waals surface area contributed by atoms with E-state index >= 15 is 0 Å². The van der Waals surface area contributed by atoms with Crippen LogP contribution in [0.25, 0.3) is 0 Å². The summed E-state index contributed by atoms with van der Waals surface area (Å²) < 4.78 is 9.08. The lowest BCUT2D eigenvalue weighted by Crippen LogP contribution is -2.21. The lowest BCUT2D eigenvalue weighted by Gasteiger charge is -2.02. The highest BCUT2D eigenvalue weighted by Gasteiger charge is 2.12. The number of rotatable bonds is 5. The van der Waals surface area contributed by atoms with Crippen LogP contribution in [0.1, 0.15) is 19.8 Å². The van der Waals surface area contributed by atoms with Gasteiger partial charge in [0.2, 0.25) is 0 Å². The van der Waals surface area contributed by atoms with E-state index in [2.05, 4.69) is 9.73 Å². The van der Waals surface area contributed by atoms with Crippen LogP contribution in [0, 0.1) is 0 Å². The van der Waals surface area contributed by atoms with Crippen molar-refractivity contribution in [3.8, 4) is 0 Å². The third kappa shape index (κ3) is 4.71. The second kappa shape index (κ2) is 7.20. The average Bonchev–Trinajstić information content (AvgIpc) is 2.17. The predicted molar refractivity (Wildman–Crippen MR) is 51.6 cm³/mol. The van der Waals surface area contributed by atoms with E-state index in [1.807, 2.05) is 6.92 Å². The molecule has 5 heteroatoms. The maximum Gasteiger partial charge on any atom is 0.433 e. The molecule has 0 fully saturated rings. The van der Waals surface area contributed by atoms with Crippen molar-refractivity contribution in [2.75, 3.05) is 20.8 Å². The van der Waals surface area contributed by atoms with E-state index in [1.54, 1.807) is 0 Å². The fraction of sp³-hybridized carbons (Fsp3) is 0.667. The standard InChI is InChI=1S/C9H15NO4/c1-4-5-8(11)7(6-13-2)10-9(12)14-3/h4-6H2,1-3H3/b10-7+. The number of nitrogens with zero attached hydrogens (tertiary/aromatic N) is 1. The van der Waals surface area contributed by atoms with Crippen molar-refractivity contribution in [1.82, 2.24) is 0 Å². The van der Waals surface area contributed by atoms with E-state index in [0.29, 0.717) is 12.8 Å². The molecule has 0 aromatic rings. The first kappa shape index (κ1) is 12.8. The maximum atomic E-state index is 11.4. The van der Waals surface area contributed by atoms with Crippen LogP contribution in [0.5, 0.6) is 0 Å². The van der Waals surface area contributed by atoms with E-state index in [1.165, 1.54) is 14.2 Å². The molecule has 0 atom stereocenters. The molecular weight excluding hydrogens is 186 g/mol. The summed E-state index contributed by atoms with van der Waals surface area (Å²) in [5.74, 6) is -0.181. The van der Waals surface area contributed by atoms with Gasteiger partial charge in [0.1, 0.15) is 5.71 Å². The maximum absolute atomic E-state index is 11.4. The van der Waals surface area contributed by atoms with Crippen molar-refractivity contribution in [1.29, 1.82) is 0 Å². The van der Waals surface area contributed by atoms with Gasteiger partial charge in [-0.2, -0.15) is 4.99 Å². The fourth-order valence-corrected chi connectivity index (χ4v) is 0.839. The molecule has 0 aliphatic rings. The number of aliphatic imine (C=N–C) groups is 1. The number of ketones is 1. The Morgan fingerprint density at radius 3 is 2.36 bits per heavy atom. The van der Waals surface area contributed by atoms with E-state index in [-0.39, 0.29) is 18.1 Å². The molecule has 0 heterocycles. The summed E-state index contributed by atoms with van der Waals surface area (Å²) in [6, 6.07) is 0. The van der Waals surface area contributed by atoms with Gasteiger partial charge >= 0.3 is 6.09 Å². The molecule has 1 amide bonds. The molecule has 0 unspecified atom stereocenters. The minimum Gasteiger partial charge on any atom is -0.451 e. The van der Waals surface area contributed by atoms with Crippen molar-refractivity contribution in [2.24, 2.45) is 4.99 Å². The monoisotopic (exact) mass is 201 g/mol. The largest absolute Gasteiger partial charge is 0.451 e. The van der Waals surface area contributed by atoms with Crippen molar-refractivity contribution in [2.45, 2.75) is 19.8 Å². The highest BCUT2D eigenvalue weighted by Crippen LogP contribution is 1.95. The summed E-state index contributed by atoms with van der Waals surface area (Å²) in [5, 5.41) is 0. The van der Waals surface area contributed by atoms with Crippen LogP contribution in [0.4, 0.5) is 4.79 Å². The van der Waals surface area contributed by atoms with Crippen LogP contribution in [-0.4, -0.2) is 38.4 Å². The van der Waals surface area contributed by atoms with Crippen molar-refractivity contribution in [3.63, 3.8) is 0 Å². The summed E-state index contributed by atoms with van der Waals surface area (Å²) in [4.78, 5) is 25.6. The Bertz CT molecular complexity index is 235. The van der Waals surface area contributed by atoms with Crippen LogP contribution >= 0.6 is 0 Å². The zero-order valence-electron chi connectivity index (χ0n) is 8.70. The van der Waals surface area contributed by atoms with Crippen molar-refractivity contribution >= 4 is 17.6 Å². The predicted octanol–water partition coefficient (Wildman–Crippen LogP) is 1.21. The molecule has 5 nitrogen and oxygen atoms in total. The molecule has 0 saturated heterocycles. The van der Waals surface area contributed by atoms with Crippen LogP contribution in [0.3, 0.4) is 0 Å². The minimum atomic E-state index is -0.776. The zero-order chi connectivity index (χ0) is 11.0. The summed E-state index contributed by atoms with van der Waals surface area (Å²) in [7, 11) is 2.65. The van der Waals surface area contributed by atoms with Crippen molar-refractivity contribution in [3.05, 3.63) is 0 Å². The molecule has 0 saturated carbocycles. The number of carbonyl (C=O) groups excluding carboxylic acids is 2. The first-order valence-corrected chi connectivity index (χ1v) is 4.33. The second-order valence-electron chi connectivity index (χ2n) is 2.63.